The second-order valence-electron chi connectivity index (χ2n) is 6.58. The fourth-order valence-corrected chi connectivity index (χ4v) is 5.70. The maximum atomic E-state index is 12.8. The predicted molar refractivity (Wildman–Crippen MR) is 104 cm³/mol. The SMILES string of the molecule is CCOC(=O)C1=C(C)N([C@H]2CCS(=O)(=O)C2)C(=O)N[C@H]1c1cccc(Br)c1. The summed E-state index contributed by atoms with van der Waals surface area (Å²) in [5.41, 5.74) is 1.49. The molecule has 7 nitrogen and oxygen atoms in total. The zero-order valence-corrected chi connectivity index (χ0v) is 17.5. The first-order valence-corrected chi connectivity index (χ1v) is 11.3. The van der Waals surface area contributed by atoms with Crippen molar-refractivity contribution in [2.45, 2.75) is 32.4 Å². The number of esters is 1. The van der Waals surface area contributed by atoms with Gasteiger partial charge in [0.1, 0.15) is 0 Å². The standard InChI is InChI=1S/C18H21BrN2O5S/c1-3-26-17(22)15-11(2)21(14-7-8-27(24,25)10-14)18(23)20-16(15)12-5-4-6-13(19)9-12/h4-6,9,14,16H,3,7-8,10H2,1-2H3,(H,20,23)/t14-,16-/m0/s1. The lowest BCUT2D eigenvalue weighted by molar-refractivity contribution is -0.139. The number of nitrogens with one attached hydrogen (secondary N) is 1. The van der Waals surface area contributed by atoms with E-state index in [1.807, 2.05) is 24.3 Å². The molecule has 0 aromatic heterocycles. The number of nitrogens with zero attached hydrogens (tertiary/aromatic N) is 1. The van der Waals surface area contributed by atoms with E-state index in [-0.39, 0.29) is 18.1 Å². The molecule has 0 saturated carbocycles. The van der Waals surface area contributed by atoms with Crippen LogP contribution in [0.1, 0.15) is 31.9 Å². The van der Waals surface area contributed by atoms with Gasteiger partial charge in [0.05, 0.1) is 35.8 Å². The Morgan fingerprint density at radius 2 is 2.15 bits per heavy atom. The van der Waals surface area contributed by atoms with Crippen LogP contribution >= 0.6 is 15.9 Å². The van der Waals surface area contributed by atoms with Gasteiger partial charge >= 0.3 is 12.0 Å². The molecule has 27 heavy (non-hydrogen) atoms. The first-order valence-electron chi connectivity index (χ1n) is 8.67. The minimum absolute atomic E-state index is 0.0402. The number of amides is 2. The molecule has 1 saturated heterocycles. The van der Waals surface area contributed by atoms with E-state index in [1.54, 1.807) is 13.8 Å². The van der Waals surface area contributed by atoms with Crippen molar-refractivity contribution in [3.05, 3.63) is 45.6 Å². The summed E-state index contributed by atoms with van der Waals surface area (Å²) in [6.45, 7) is 3.58. The van der Waals surface area contributed by atoms with Gasteiger partial charge in [-0.1, -0.05) is 28.1 Å². The third-order valence-corrected chi connectivity index (χ3v) is 7.02. The van der Waals surface area contributed by atoms with Crippen molar-refractivity contribution in [1.82, 2.24) is 10.2 Å². The van der Waals surface area contributed by atoms with Crippen LogP contribution in [0.5, 0.6) is 0 Å². The highest BCUT2D eigenvalue weighted by Crippen LogP contribution is 2.35. The van der Waals surface area contributed by atoms with Crippen LogP contribution in [0.25, 0.3) is 0 Å². The molecule has 0 radical (unpaired) electrons. The number of benzene rings is 1. The van der Waals surface area contributed by atoms with Gasteiger partial charge in [-0.2, -0.15) is 0 Å². The van der Waals surface area contributed by atoms with Crippen molar-refractivity contribution in [3.63, 3.8) is 0 Å². The molecule has 2 atom stereocenters. The van der Waals surface area contributed by atoms with Crippen LogP contribution < -0.4 is 5.32 Å². The quantitative estimate of drug-likeness (QED) is 0.702. The van der Waals surface area contributed by atoms with Gasteiger partial charge in [0, 0.05) is 10.2 Å². The molecule has 2 aliphatic rings. The summed E-state index contributed by atoms with van der Waals surface area (Å²) in [5.74, 6) is -0.584. The molecule has 2 amide bonds. The first kappa shape index (κ1) is 19.9. The van der Waals surface area contributed by atoms with Crippen molar-refractivity contribution in [1.29, 1.82) is 0 Å². The molecule has 1 N–H and O–H groups in total. The van der Waals surface area contributed by atoms with E-state index >= 15 is 0 Å². The molecular weight excluding hydrogens is 436 g/mol. The van der Waals surface area contributed by atoms with Gasteiger partial charge in [-0.05, 0) is 38.0 Å². The molecule has 0 unspecified atom stereocenters. The van der Waals surface area contributed by atoms with Crippen LogP contribution in [0.4, 0.5) is 4.79 Å². The first-order chi connectivity index (χ1) is 12.7. The van der Waals surface area contributed by atoms with Crippen molar-refractivity contribution >= 4 is 37.8 Å². The Morgan fingerprint density at radius 3 is 2.74 bits per heavy atom. The number of carbonyl (C=O) groups is 2. The summed E-state index contributed by atoms with van der Waals surface area (Å²) in [6.07, 6.45) is 0.352. The average Bonchev–Trinajstić information content (AvgIpc) is 2.94. The van der Waals surface area contributed by atoms with Gasteiger partial charge < -0.3 is 10.1 Å². The monoisotopic (exact) mass is 456 g/mol. The number of halogens is 1. The number of carbonyl (C=O) groups excluding carboxylic acids is 2. The Bertz CT molecular complexity index is 912. The third-order valence-electron chi connectivity index (χ3n) is 4.78. The Labute approximate surface area is 166 Å². The van der Waals surface area contributed by atoms with Crippen molar-refractivity contribution in [3.8, 4) is 0 Å². The molecule has 1 aromatic carbocycles. The molecular formula is C18H21BrN2O5S. The number of sulfone groups is 1. The predicted octanol–water partition coefficient (Wildman–Crippen LogP) is 2.54. The zero-order valence-electron chi connectivity index (χ0n) is 15.1. The summed E-state index contributed by atoms with van der Waals surface area (Å²) in [7, 11) is -3.18. The van der Waals surface area contributed by atoms with Crippen LogP contribution in [0.2, 0.25) is 0 Å². The maximum Gasteiger partial charge on any atom is 0.338 e. The Morgan fingerprint density at radius 1 is 1.41 bits per heavy atom. The summed E-state index contributed by atoms with van der Waals surface area (Å²) < 4.78 is 29.8. The fraction of sp³-hybridized carbons (Fsp3) is 0.444. The highest BCUT2D eigenvalue weighted by molar-refractivity contribution is 9.10. The normalized spacial score (nSPS) is 24.7. The second kappa shape index (κ2) is 7.63. The van der Waals surface area contributed by atoms with Crippen LogP contribution in [-0.2, 0) is 19.4 Å². The van der Waals surface area contributed by atoms with Gasteiger partial charge in [-0.3, -0.25) is 4.90 Å². The van der Waals surface area contributed by atoms with Gasteiger partial charge in [0.2, 0.25) is 0 Å². The topological polar surface area (TPSA) is 92.8 Å². The molecule has 2 heterocycles. The highest BCUT2D eigenvalue weighted by atomic mass is 79.9. The molecule has 2 aliphatic heterocycles. The van der Waals surface area contributed by atoms with Crippen molar-refractivity contribution in [2.75, 3.05) is 18.1 Å². The van der Waals surface area contributed by atoms with Gasteiger partial charge in [0.25, 0.3) is 0 Å². The molecule has 0 spiro atoms. The zero-order chi connectivity index (χ0) is 19.8. The van der Waals surface area contributed by atoms with Crippen LogP contribution in [0.3, 0.4) is 0 Å². The smallest absolute Gasteiger partial charge is 0.338 e. The van der Waals surface area contributed by atoms with E-state index in [1.165, 1.54) is 4.90 Å². The number of urea groups is 1. The number of rotatable bonds is 4. The van der Waals surface area contributed by atoms with E-state index in [4.69, 9.17) is 4.74 Å². The summed E-state index contributed by atoms with van der Waals surface area (Å²) in [5, 5.41) is 2.85. The lowest BCUT2D eigenvalue weighted by Gasteiger charge is -2.38. The van der Waals surface area contributed by atoms with Crippen LogP contribution in [0, 0.1) is 0 Å². The summed E-state index contributed by atoms with van der Waals surface area (Å²) in [4.78, 5) is 26.9. The van der Waals surface area contributed by atoms with E-state index in [2.05, 4.69) is 21.2 Å². The van der Waals surface area contributed by atoms with Crippen molar-refractivity contribution in [2.24, 2.45) is 0 Å². The Balaban J connectivity index is 2.07. The van der Waals surface area contributed by atoms with Crippen LogP contribution in [-0.4, -0.2) is 49.5 Å². The van der Waals surface area contributed by atoms with Gasteiger partial charge in [0.15, 0.2) is 9.84 Å². The number of hydrogen-bond acceptors (Lipinski definition) is 5. The fourth-order valence-electron chi connectivity index (χ4n) is 3.59. The average molecular weight is 457 g/mol. The lowest BCUT2D eigenvalue weighted by Crippen LogP contribution is -2.52. The number of hydrogen-bond donors (Lipinski definition) is 1. The molecule has 9 heteroatoms. The van der Waals surface area contributed by atoms with E-state index in [0.717, 1.165) is 10.0 Å². The lowest BCUT2D eigenvalue weighted by atomic mass is 9.94. The Hall–Kier alpha value is -1.87. The van der Waals surface area contributed by atoms with Gasteiger partial charge in [-0.25, -0.2) is 18.0 Å². The van der Waals surface area contributed by atoms with Crippen molar-refractivity contribution < 1.29 is 22.7 Å². The molecule has 1 fully saturated rings. The van der Waals surface area contributed by atoms with Crippen LogP contribution in [0.15, 0.2) is 40.0 Å². The number of ether oxygens (including phenoxy) is 1. The minimum atomic E-state index is -3.18. The molecule has 0 aliphatic carbocycles. The molecule has 146 valence electrons. The Kier molecular flexibility index (Phi) is 5.62. The maximum absolute atomic E-state index is 12.8. The largest absolute Gasteiger partial charge is 0.463 e. The van der Waals surface area contributed by atoms with E-state index < -0.39 is 33.9 Å². The minimum Gasteiger partial charge on any atom is -0.463 e. The molecule has 1 aromatic rings. The van der Waals surface area contributed by atoms with E-state index in [9.17, 15) is 18.0 Å². The van der Waals surface area contributed by atoms with Gasteiger partial charge in [-0.15, -0.1) is 0 Å². The highest BCUT2D eigenvalue weighted by Gasteiger charge is 2.42. The summed E-state index contributed by atoms with van der Waals surface area (Å²) >= 11 is 3.40. The van der Waals surface area contributed by atoms with E-state index in [0.29, 0.717) is 17.7 Å². The number of allylic oxidation sites excluding steroid dienone is 1. The summed E-state index contributed by atoms with van der Waals surface area (Å²) in [6, 6.07) is 5.76. The molecule has 0 bridgehead atoms. The second-order valence-corrected chi connectivity index (χ2v) is 9.73. The molecule has 3 rings (SSSR count). The third kappa shape index (κ3) is 4.03.